The van der Waals surface area contributed by atoms with Crippen molar-refractivity contribution < 1.29 is 13.9 Å². The number of piperazine rings is 1. The summed E-state index contributed by atoms with van der Waals surface area (Å²) in [6.07, 6.45) is 1.97. The van der Waals surface area contributed by atoms with Crippen LogP contribution in [0.4, 0.5) is 32.3 Å². The van der Waals surface area contributed by atoms with Gasteiger partial charge in [-0.25, -0.2) is 14.2 Å². The van der Waals surface area contributed by atoms with E-state index in [1.54, 1.807) is 22.3 Å². The number of thiophene rings is 1. The number of carbonyl (C=O) groups excluding carboxylic acids is 1. The second-order valence-electron chi connectivity index (χ2n) is 9.70. The van der Waals surface area contributed by atoms with Gasteiger partial charge in [0.05, 0.1) is 15.9 Å². The molecule has 3 heterocycles. The predicted octanol–water partition coefficient (Wildman–Crippen LogP) is 5.21. The zero-order chi connectivity index (χ0) is 23.9. The first-order valence-electron chi connectivity index (χ1n) is 11.6. The fraction of sp³-hybridized carbons (Fsp3) is 0.458. The molecule has 0 radical (unpaired) electrons. The van der Waals surface area contributed by atoms with Crippen LogP contribution >= 0.6 is 11.3 Å². The lowest BCUT2D eigenvalue weighted by atomic mass is 10.2. The SMILES string of the molecule is CC(C)(C)OC(=O)N1CCN(c2ccc(Nc3nc(NC4CC4)c4sccc4n3)cc2F)CC1. The fourth-order valence-corrected chi connectivity index (χ4v) is 4.65. The summed E-state index contributed by atoms with van der Waals surface area (Å²) in [4.78, 5) is 25.1. The molecule has 0 spiro atoms. The van der Waals surface area contributed by atoms with Crippen LogP contribution in [0.25, 0.3) is 10.2 Å². The van der Waals surface area contributed by atoms with E-state index in [-0.39, 0.29) is 11.9 Å². The molecule has 1 aliphatic heterocycles. The van der Waals surface area contributed by atoms with Crippen LogP contribution in [0.1, 0.15) is 33.6 Å². The molecule has 8 nitrogen and oxygen atoms in total. The van der Waals surface area contributed by atoms with Crippen molar-refractivity contribution in [1.29, 1.82) is 0 Å². The standard InChI is InChI=1S/C24H29FN6O2S/c1-24(2,3)33-23(32)31-11-9-30(10-12-31)19-7-6-16(14-17(19)25)27-22-28-18-8-13-34-20(18)21(29-22)26-15-4-5-15/h6-8,13-15H,4-5,9-12H2,1-3H3,(H2,26,27,28,29). The van der Waals surface area contributed by atoms with Crippen molar-refractivity contribution in [2.24, 2.45) is 0 Å². The molecule has 5 rings (SSSR count). The second-order valence-corrected chi connectivity index (χ2v) is 10.6. The van der Waals surface area contributed by atoms with Crippen LogP contribution in [0.2, 0.25) is 0 Å². The molecular formula is C24H29FN6O2S. The Balaban J connectivity index is 1.25. The molecule has 2 fully saturated rings. The third kappa shape index (κ3) is 5.16. The Morgan fingerprint density at radius 1 is 1.15 bits per heavy atom. The molecule has 1 amide bonds. The van der Waals surface area contributed by atoms with Gasteiger partial charge in [-0.05, 0) is 63.3 Å². The summed E-state index contributed by atoms with van der Waals surface area (Å²) in [6.45, 7) is 7.59. The van der Waals surface area contributed by atoms with Gasteiger partial charge in [0.15, 0.2) is 0 Å². The first-order valence-corrected chi connectivity index (χ1v) is 12.4. The van der Waals surface area contributed by atoms with Crippen molar-refractivity contribution in [2.75, 3.05) is 41.7 Å². The zero-order valence-corrected chi connectivity index (χ0v) is 20.4. The van der Waals surface area contributed by atoms with Gasteiger partial charge in [0.25, 0.3) is 0 Å². The number of nitrogens with one attached hydrogen (secondary N) is 2. The molecule has 0 atom stereocenters. The Hall–Kier alpha value is -3.14. The van der Waals surface area contributed by atoms with Crippen molar-refractivity contribution >= 4 is 50.8 Å². The molecule has 34 heavy (non-hydrogen) atoms. The Morgan fingerprint density at radius 2 is 1.91 bits per heavy atom. The van der Waals surface area contributed by atoms with Gasteiger partial charge in [0.2, 0.25) is 5.95 Å². The smallest absolute Gasteiger partial charge is 0.410 e. The van der Waals surface area contributed by atoms with E-state index in [0.717, 1.165) is 28.9 Å². The lowest BCUT2D eigenvalue weighted by Gasteiger charge is -2.36. The number of hydrogen-bond acceptors (Lipinski definition) is 8. The van der Waals surface area contributed by atoms with Gasteiger partial charge in [-0.15, -0.1) is 11.3 Å². The summed E-state index contributed by atoms with van der Waals surface area (Å²) in [7, 11) is 0. The number of fused-ring (bicyclic) bond motifs is 1. The Kier molecular flexibility index (Phi) is 5.93. The number of hydrogen-bond donors (Lipinski definition) is 2. The topological polar surface area (TPSA) is 82.6 Å². The highest BCUT2D eigenvalue weighted by Crippen LogP contribution is 2.33. The maximum Gasteiger partial charge on any atom is 0.410 e. The maximum absolute atomic E-state index is 15.0. The third-order valence-electron chi connectivity index (χ3n) is 5.70. The third-order valence-corrected chi connectivity index (χ3v) is 6.61. The number of benzene rings is 1. The number of anilines is 4. The van der Waals surface area contributed by atoms with E-state index in [0.29, 0.717) is 49.5 Å². The minimum Gasteiger partial charge on any atom is -0.444 e. The molecular weight excluding hydrogens is 455 g/mol. The highest BCUT2D eigenvalue weighted by atomic mass is 32.1. The lowest BCUT2D eigenvalue weighted by molar-refractivity contribution is 0.0240. The number of halogens is 1. The van der Waals surface area contributed by atoms with Gasteiger partial charge >= 0.3 is 6.09 Å². The largest absolute Gasteiger partial charge is 0.444 e. The number of carbonyl (C=O) groups is 1. The normalized spacial score (nSPS) is 16.6. The van der Waals surface area contributed by atoms with Crippen molar-refractivity contribution in [3.63, 3.8) is 0 Å². The first-order chi connectivity index (χ1) is 16.2. The van der Waals surface area contributed by atoms with E-state index in [9.17, 15) is 4.79 Å². The van der Waals surface area contributed by atoms with Gasteiger partial charge in [0.1, 0.15) is 17.2 Å². The van der Waals surface area contributed by atoms with Crippen LogP contribution in [0.15, 0.2) is 29.6 Å². The molecule has 2 aromatic heterocycles. The zero-order valence-electron chi connectivity index (χ0n) is 19.6. The molecule has 2 N–H and O–H groups in total. The summed E-state index contributed by atoms with van der Waals surface area (Å²) in [5.41, 5.74) is 1.43. The molecule has 10 heteroatoms. The second kappa shape index (κ2) is 8.90. The molecule has 0 unspecified atom stereocenters. The molecule has 180 valence electrons. The van der Waals surface area contributed by atoms with Crippen LogP contribution in [0, 0.1) is 5.82 Å². The molecule has 1 aliphatic carbocycles. The molecule has 1 saturated carbocycles. The van der Waals surface area contributed by atoms with Gasteiger partial charge in [-0.1, -0.05) is 0 Å². The van der Waals surface area contributed by atoms with E-state index in [2.05, 4.69) is 20.6 Å². The van der Waals surface area contributed by atoms with Gasteiger partial charge < -0.3 is 25.2 Å². The molecule has 1 saturated heterocycles. The van der Waals surface area contributed by atoms with E-state index < -0.39 is 5.60 Å². The minimum atomic E-state index is -0.532. The van der Waals surface area contributed by atoms with E-state index in [4.69, 9.17) is 4.74 Å². The number of aromatic nitrogens is 2. The van der Waals surface area contributed by atoms with Crippen LogP contribution in [-0.2, 0) is 4.74 Å². The summed E-state index contributed by atoms with van der Waals surface area (Å²) >= 11 is 1.61. The minimum absolute atomic E-state index is 0.328. The van der Waals surface area contributed by atoms with Gasteiger partial charge in [-0.2, -0.15) is 4.98 Å². The van der Waals surface area contributed by atoms with E-state index in [1.165, 1.54) is 6.07 Å². The van der Waals surface area contributed by atoms with Gasteiger partial charge in [0, 0.05) is 37.9 Å². The van der Waals surface area contributed by atoms with Crippen LogP contribution in [0.5, 0.6) is 0 Å². The number of ether oxygens (including phenoxy) is 1. The van der Waals surface area contributed by atoms with Crippen LogP contribution < -0.4 is 15.5 Å². The lowest BCUT2D eigenvalue weighted by Crippen LogP contribution is -2.50. The molecule has 2 aliphatic rings. The van der Waals surface area contributed by atoms with Gasteiger partial charge in [-0.3, -0.25) is 0 Å². The summed E-state index contributed by atoms with van der Waals surface area (Å²) in [6, 6.07) is 7.48. The number of amides is 1. The average Bonchev–Trinajstić information content (AvgIpc) is 3.46. The Morgan fingerprint density at radius 3 is 2.59 bits per heavy atom. The van der Waals surface area contributed by atoms with Crippen LogP contribution in [0.3, 0.4) is 0 Å². The van der Waals surface area contributed by atoms with E-state index in [1.807, 2.05) is 43.2 Å². The van der Waals surface area contributed by atoms with Crippen molar-refractivity contribution in [3.8, 4) is 0 Å². The first kappa shape index (κ1) is 22.6. The molecule has 3 aromatic rings. The number of rotatable bonds is 5. The quantitative estimate of drug-likeness (QED) is 0.515. The fourth-order valence-electron chi connectivity index (χ4n) is 3.86. The number of nitrogens with zero attached hydrogens (tertiary/aromatic N) is 4. The van der Waals surface area contributed by atoms with Crippen molar-refractivity contribution in [1.82, 2.24) is 14.9 Å². The molecule has 0 bridgehead atoms. The maximum atomic E-state index is 15.0. The molecule has 1 aromatic carbocycles. The average molecular weight is 485 g/mol. The Labute approximate surface area is 202 Å². The monoisotopic (exact) mass is 484 g/mol. The van der Waals surface area contributed by atoms with Crippen molar-refractivity contribution in [3.05, 3.63) is 35.5 Å². The predicted molar refractivity (Wildman–Crippen MR) is 134 cm³/mol. The summed E-state index contributed by atoms with van der Waals surface area (Å²) in [5, 5.41) is 8.61. The van der Waals surface area contributed by atoms with E-state index >= 15 is 4.39 Å². The van der Waals surface area contributed by atoms with Crippen LogP contribution in [-0.4, -0.2) is 58.8 Å². The highest BCUT2D eigenvalue weighted by Gasteiger charge is 2.27. The Bertz CT molecular complexity index is 1200. The summed E-state index contributed by atoms with van der Waals surface area (Å²) < 4.78 is 21.5. The van der Waals surface area contributed by atoms with Crippen molar-refractivity contribution in [2.45, 2.75) is 45.3 Å². The summed E-state index contributed by atoms with van der Waals surface area (Å²) in [5.74, 6) is 0.931. The highest BCUT2D eigenvalue weighted by molar-refractivity contribution is 7.17.